The van der Waals surface area contributed by atoms with Gasteiger partial charge in [-0.15, -0.1) is 24.8 Å². The van der Waals surface area contributed by atoms with Crippen LogP contribution < -0.4 is 5.32 Å². The Labute approximate surface area is 168 Å². The van der Waals surface area contributed by atoms with Gasteiger partial charge in [-0.2, -0.15) is 5.10 Å². The first kappa shape index (κ1) is 23.2. The summed E-state index contributed by atoms with van der Waals surface area (Å²) in [6, 6.07) is 0. The van der Waals surface area contributed by atoms with E-state index >= 15 is 0 Å². The van der Waals surface area contributed by atoms with E-state index < -0.39 is 0 Å². The molecule has 0 aliphatic carbocycles. The third-order valence-corrected chi connectivity index (χ3v) is 5.33. The van der Waals surface area contributed by atoms with Crippen LogP contribution in [0.1, 0.15) is 31.7 Å². The fraction of sp³-hybridized carbons (Fsp3) is 0.778. The molecule has 1 aromatic rings. The summed E-state index contributed by atoms with van der Waals surface area (Å²) in [6.07, 6.45) is 6.96. The molecule has 1 N–H and O–H groups in total. The van der Waals surface area contributed by atoms with Gasteiger partial charge in [0.15, 0.2) is 0 Å². The number of aryl methyl sites for hydroxylation is 1. The Morgan fingerprint density at radius 3 is 2.77 bits per heavy atom. The standard InChI is InChI=1S/C18H30N4O2.2ClH/c1-14-10-20-22(11-14)13-17-12-21(7-8-24-17)18(23)9-15(2)16-3-5-19-6-4-16;;/h10-11,15-17,19H,3-9,12-13H2,1-2H3;2*1H. The van der Waals surface area contributed by atoms with Gasteiger partial charge in [0, 0.05) is 25.7 Å². The molecule has 2 unspecified atom stereocenters. The molecule has 1 amide bonds. The number of morpholine rings is 1. The normalized spacial score (nSPS) is 22.2. The Kier molecular flexibility index (Phi) is 9.93. The van der Waals surface area contributed by atoms with Crippen LogP contribution in [0.15, 0.2) is 12.4 Å². The molecule has 26 heavy (non-hydrogen) atoms. The summed E-state index contributed by atoms with van der Waals surface area (Å²) in [5.41, 5.74) is 1.15. The van der Waals surface area contributed by atoms with Crippen LogP contribution in [0.5, 0.6) is 0 Å². The molecule has 2 fully saturated rings. The van der Waals surface area contributed by atoms with Crippen LogP contribution >= 0.6 is 24.8 Å². The summed E-state index contributed by atoms with van der Waals surface area (Å²) in [6.45, 7) is 9.17. The summed E-state index contributed by atoms with van der Waals surface area (Å²) in [5.74, 6) is 1.43. The van der Waals surface area contributed by atoms with Crippen LogP contribution in [-0.4, -0.2) is 59.5 Å². The van der Waals surface area contributed by atoms with Crippen LogP contribution in [-0.2, 0) is 16.1 Å². The zero-order valence-corrected chi connectivity index (χ0v) is 17.4. The maximum atomic E-state index is 12.7. The minimum absolute atomic E-state index is 0. The zero-order chi connectivity index (χ0) is 16.9. The van der Waals surface area contributed by atoms with E-state index in [1.165, 1.54) is 12.8 Å². The van der Waals surface area contributed by atoms with Crippen molar-refractivity contribution in [1.29, 1.82) is 0 Å². The van der Waals surface area contributed by atoms with Gasteiger partial charge in [0.1, 0.15) is 0 Å². The lowest BCUT2D eigenvalue weighted by atomic mass is 9.84. The number of aromatic nitrogens is 2. The maximum Gasteiger partial charge on any atom is 0.223 e. The van der Waals surface area contributed by atoms with Gasteiger partial charge in [0.25, 0.3) is 0 Å². The predicted octanol–water partition coefficient (Wildman–Crippen LogP) is 2.29. The Hall–Kier alpha value is -0.820. The number of hydrogen-bond donors (Lipinski definition) is 1. The Morgan fingerprint density at radius 2 is 2.12 bits per heavy atom. The predicted molar refractivity (Wildman–Crippen MR) is 107 cm³/mol. The van der Waals surface area contributed by atoms with Crippen LogP contribution in [0.3, 0.4) is 0 Å². The van der Waals surface area contributed by atoms with Gasteiger partial charge in [0.05, 0.1) is 25.5 Å². The van der Waals surface area contributed by atoms with Gasteiger partial charge < -0.3 is 15.0 Å². The number of amides is 1. The number of nitrogens with zero attached hydrogens (tertiary/aromatic N) is 3. The quantitative estimate of drug-likeness (QED) is 0.814. The molecule has 6 nitrogen and oxygen atoms in total. The molecule has 1 aromatic heterocycles. The molecule has 0 saturated carbocycles. The number of ether oxygens (including phenoxy) is 1. The molecule has 8 heteroatoms. The Bertz CT molecular complexity index is 549. The molecule has 2 aliphatic heterocycles. The molecular formula is C18H32Cl2N4O2. The molecule has 0 aromatic carbocycles. The smallest absolute Gasteiger partial charge is 0.223 e. The fourth-order valence-electron chi connectivity index (χ4n) is 3.82. The maximum absolute atomic E-state index is 12.7. The summed E-state index contributed by atoms with van der Waals surface area (Å²) < 4.78 is 7.74. The summed E-state index contributed by atoms with van der Waals surface area (Å²) in [7, 11) is 0. The third-order valence-electron chi connectivity index (χ3n) is 5.33. The number of carbonyl (C=O) groups is 1. The minimum Gasteiger partial charge on any atom is -0.373 e. The highest BCUT2D eigenvalue weighted by atomic mass is 35.5. The number of halogens is 2. The molecule has 2 saturated heterocycles. The number of rotatable bonds is 5. The van der Waals surface area contributed by atoms with Crippen molar-refractivity contribution in [2.45, 2.75) is 45.8 Å². The molecule has 2 atom stereocenters. The lowest BCUT2D eigenvalue weighted by Crippen LogP contribution is -2.47. The van der Waals surface area contributed by atoms with Gasteiger partial charge in [-0.1, -0.05) is 6.92 Å². The molecule has 0 radical (unpaired) electrons. The summed E-state index contributed by atoms with van der Waals surface area (Å²) >= 11 is 0. The van der Waals surface area contributed by atoms with Crippen molar-refractivity contribution in [3.8, 4) is 0 Å². The first-order valence-electron chi connectivity index (χ1n) is 9.21. The van der Waals surface area contributed by atoms with E-state index in [0.717, 1.165) is 18.7 Å². The first-order valence-corrected chi connectivity index (χ1v) is 9.21. The van der Waals surface area contributed by atoms with E-state index in [1.54, 1.807) is 0 Å². The van der Waals surface area contributed by atoms with Crippen molar-refractivity contribution in [2.75, 3.05) is 32.8 Å². The number of carbonyl (C=O) groups excluding carboxylic acids is 1. The molecule has 3 heterocycles. The van der Waals surface area contributed by atoms with Crippen LogP contribution in [0, 0.1) is 18.8 Å². The van der Waals surface area contributed by atoms with E-state index in [2.05, 4.69) is 17.3 Å². The van der Waals surface area contributed by atoms with Crippen molar-refractivity contribution >= 4 is 30.7 Å². The van der Waals surface area contributed by atoms with Gasteiger partial charge in [-0.05, 0) is 50.3 Å². The number of piperidine rings is 1. The van der Waals surface area contributed by atoms with Crippen LogP contribution in [0.2, 0.25) is 0 Å². The number of nitrogens with one attached hydrogen (secondary N) is 1. The fourth-order valence-corrected chi connectivity index (χ4v) is 3.82. The van der Waals surface area contributed by atoms with E-state index in [4.69, 9.17) is 4.74 Å². The average molecular weight is 407 g/mol. The van der Waals surface area contributed by atoms with E-state index in [0.29, 0.717) is 44.5 Å². The van der Waals surface area contributed by atoms with Gasteiger partial charge in [-0.25, -0.2) is 0 Å². The highest BCUT2D eigenvalue weighted by Gasteiger charge is 2.28. The minimum atomic E-state index is 0. The molecule has 0 spiro atoms. The lowest BCUT2D eigenvalue weighted by molar-refractivity contribution is -0.140. The zero-order valence-electron chi connectivity index (χ0n) is 15.7. The van der Waals surface area contributed by atoms with Gasteiger partial charge in [-0.3, -0.25) is 9.48 Å². The SMILES string of the molecule is Cc1cnn(CC2CN(C(=O)CC(C)C3CCNCC3)CCO2)c1.Cl.Cl. The van der Waals surface area contributed by atoms with E-state index in [1.807, 2.05) is 28.9 Å². The van der Waals surface area contributed by atoms with E-state index in [-0.39, 0.29) is 36.8 Å². The second-order valence-electron chi connectivity index (χ2n) is 7.34. The summed E-state index contributed by atoms with van der Waals surface area (Å²) in [4.78, 5) is 14.7. The van der Waals surface area contributed by atoms with Crippen molar-refractivity contribution in [3.63, 3.8) is 0 Å². The van der Waals surface area contributed by atoms with Crippen molar-refractivity contribution in [1.82, 2.24) is 20.0 Å². The third kappa shape index (κ3) is 6.41. The Balaban J connectivity index is 0.00000169. The Morgan fingerprint density at radius 1 is 1.38 bits per heavy atom. The molecule has 3 rings (SSSR count). The van der Waals surface area contributed by atoms with Crippen molar-refractivity contribution in [3.05, 3.63) is 18.0 Å². The lowest BCUT2D eigenvalue weighted by Gasteiger charge is -2.35. The average Bonchev–Trinajstić information content (AvgIpc) is 3.00. The van der Waals surface area contributed by atoms with Crippen molar-refractivity contribution < 1.29 is 9.53 Å². The van der Waals surface area contributed by atoms with Crippen LogP contribution in [0.4, 0.5) is 0 Å². The highest BCUT2D eigenvalue weighted by Crippen LogP contribution is 2.25. The van der Waals surface area contributed by atoms with Crippen molar-refractivity contribution in [2.24, 2.45) is 11.8 Å². The second-order valence-corrected chi connectivity index (χ2v) is 7.34. The molecular weight excluding hydrogens is 375 g/mol. The van der Waals surface area contributed by atoms with E-state index in [9.17, 15) is 4.79 Å². The largest absolute Gasteiger partial charge is 0.373 e. The first-order chi connectivity index (χ1) is 11.6. The number of hydrogen-bond acceptors (Lipinski definition) is 4. The van der Waals surface area contributed by atoms with Gasteiger partial charge >= 0.3 is 0 Å². The highest BCUT2D eigenvalue weighted by molar-refractivity contribution is 5.85. The summed E-state index contributed by atoms with van der Waals surface area (Å²) in [5, 5.41) is 7.71. The molecule has 2 aliphatic rings. The van der Waals surface area contributed by atoms with Gasteiger partial charge in [0.2, 0.25) is 5.91 Å². The molecule has 0 bridgehead atoms. The monoisotopic (exact) mass is 406 g/mol. The molecule has 150 valence electrons. The van der Waals surface area contributed by atoms with Crippen LogP contribution in [0.25, 0.3) is 0 Å². The second kappa shape index (κ2) is 11.1. The topological polar surface area (TPSA) is 59.4 Å².